The van der Waals surface area contributed by atoms with Gasteiger partial charge in [0.25, 0.3) is 5.91 Å². The maximum atomic E-state index is 12.0. The van der Waals surface area contributed by atoms with Gasteiger partial charge < -0.3 is 15.4 Å². The average molecular weight is 276 g/mol. The van der Waals surface area contributed by atoms with E-state index in [1.165, 1.54) is 6.42 Å². The van der Waals surface area contributed by atoms with Crippen molar-refractivity contribution in [1.82, 2.24) is 4.90 Å². The van der Waals surface area contributed by atoms with Crippen molar-refractivity contribution in [1.29, 1.82) is 0 Å². The Labute approximate surface area is 118 Å². The van der Waals surface area contributed by atoms with Gasteiger partial charge in [0, 0.05) is 18.7 Å². The summed E-state index contributed by atoms with van der Waals surface area (Å²) >= 11 is 0. The van der Waals surface area contributed by atoms with Crippen LogP contribution in [0, 0.1) is 5.92 Å². The molecule has 2 amide bonds. The Balaban J connectivity index is 1.85. The maximum Gasteiger partial charge on any atom is 0.260 e. The summed E-state index contributed by atoms with van der Waals surface area (Å²) in [7, 11) is 0. The summed E-state index contributed by atoms with van der Waals surface area (Å²) in [6.45, 7) is 3.81. The van der Waals surface area contributed by atoms with Gasteiger partial charge in [-0.25, -0.2) is 0 Å². The topological polar surface area (TPSA) is 72.6 Å². The van der Waals surface area contributed by atoms with E-state index >= 15 is 0 Å². The van der Waals surface area contributed by atoms with Crippen molar-refractivity contribution in [2.45, 2.75) is 19.8 Å². The monoisotopic (exact) mass is 276 g/mol. The molecule has 1 aromatic rings. The Morgan fingerprint density at radius 2 is 2.05 bits per heavy atom. The molecule has 1 heterocycles. The minimum Gasteiger partial charge on any atom is -0.484 e. The maximum absolute atomic E-state index is 12.0. The van der Waals surface area contributed by atoms with Crippen LogP contribution >= 0.6 is 0 Å². The molecule has 1 saturated heterocycles. The van der Waals surface area contributed by atoms with E-state index in [0.29, 0.717) is 17.2 Å². The summed E-state index contributed by atoms with van der Waals surface area (Å²) < 4.78 is 5.45. The van der Waals surface area contributed by atoms with Gasteiger partial charge >= 0.3 is 0 Å². The van der Waals surface area contributed by atoms with Crippen molar-refractivity contribution in [2.24, 2.45) is 11.7 Å². The summed E-state index contributed by atoms with van der Waals surface area (Å²) in [5.74, 6) is 0.654. The summed E-state index contributed by atoms with van der Waals surface area (Å²) in [6, 6.07) is 6.47. The van der Waals surface area contributed by atoms with E-state index in [2.05, 4.69) is 6.92 Å². The zero-order valence-corrected chi connectivity index (χ0v) is 11.7. The van der Waals surface area contributed by atoms with Crippen LogP contribution in [0.3, 0.4) is 0 Å². The molecular formula is C15H20N2O3. The fourth-order valence-electron chi connectivity index (χ4n) is 2.37. The van der Waals surface area contributed by atoms with Crippen LogP contribution in [0.5, 0.6) is 5.75 Å². The number of hydrogen-bond donors (Lipinski definition) is 1. The highest BCUT2D eigenvalue weighted by molar-refractivity contribution is 5.92. The third kappa shape index (κ3) is 3.73. The van der Waals surface area contributed by atoms with E-state index in [0.717, 1.165) is 19.5 Å². The number of carbonyl (C=O) groups excluding carboxylic acids is 2. The number of ether oxygens (including phenoxy) is 1. The highest BCUT2D eigenvalue weighted by Gasteiger charge is 2.21. The molecule has 5 nitrogen and oxygen atoms in total. The van der Waals surface area contributed by atoms with Gasteiger partial charge in [-0.2, -0.15) is 0 Å². The fraction of sp³-hybridized carbons (Fsp3) is 0.467. The molecule has 0 radical (unpaired) electrons. The van der Waals surface area contributed by atoms with Crippen LogP contribution in [0.2, 0.25) is 0 Å². The van der Waals surface area contributed by atoms with Crippen molar-refractivity contribution in [3.8, 4) is 5.75 Å². The predicted molar refractivity (Wildman–Crippen MR) is 75.4 cm³/mol. The zero-order valence-electron chi connectivity index (χ0n) is 11.7. The van der Waals surface area contributed by atoms with Gasteiger partial charge in [0.05, 0.1) is 0 Å². The molecule has 2 rings (SSSR count). The zero-order chi connectivity index (χ0) is 14.5. The second-order valence-corrected chi connectivity index (χ2v) is 5.26. The van der Waals surface area contributed by atoms with Crippen molar-refractivity contribution in [3.05, 3.63) is 29.8 Å². The number of benzene rings is 1. The van der Waals surface area contributed by atoms with Crippen molar-refractivity contribution in [2.75, 3.05) is 19.7 Å². The molecule has 0 spiro atoms. The van der Waals surface area contributed by atoms with Gasteiger partial charge in [0.15, 0.2) is 6.61 Å². The Hall–Kier alpha value is -2.04. The van der Waals surface area contributed by atoms with Crippen molar-refractivity contribution < 1.29 is 14.3 Å². The standard InChI is InChI=1S/C15H20N2O3/c1-11-3-2-8-17(9-11)14(18)10-20-13-6-4-12(5-7-13)15(16)19/h4-7,11H,2-3,8-10H2,1H3,(H2,16,19)/t11-/m1/s1. The highest BCUT2D eigenvalue weighted by Crippen LogP contribution is 2.16. The number of nitrogens with zero attached hydrogens (tertiary/aromatic N) is 1. The fourth-order valence-corrected chi connectivity index (χ4v) is 2.37. The molecule has 1 aromatic carbocycles. The third-order valence-electron chi connectivity index (χ3n) is 3.51. The van der Waals surface area contributed by atoms with Crippen LogP contribution in [-0.4, -0.2) is 36.4 Å². The molecule has 1 fully saturated rings. The molecule has 0 saturated carbocycles. The number of amides is 2. The summed E-state index contributed by atoms with van der Waals surface area (Å²) in [6.07, 6.45) is 2.24. The van der Waals surface area contributed by atoms with Gasteiger partial charge in [0.2, 0.25) is 5.91 Å². The van der Waals surface area contributed by atoms with E-state index in [9.17, 15) is 9.59 Å². The lowest BCUT2D eigenvalue weighted by Crippen LogP contribution is -2.41. The summed E-state index contributed by atoms with van der Waals surface area (Å²) in [5, 5.41) is 0. The lowest BCUT2D eigenvalue weighted by Gasteiger charge is -2.30. The molecule has 5 heteroatoms. The summed E-state index contributed by atoms with van der Waals surface area (Å²) in [4.78, 5) is 24.8. The van der Waals surface area contributed by atoms with E-state index in [1.807, 2.05) is 4.90 Å². The first-order valence-corrected chi connectivity index (χ1v) is 6.86. The highest BCUT2D eigenvalue weighted by atomic mass is 16.5. The van der Waals surface area contributed by atoms with Gasteiger partial charge in [-0.1, -0.05) is 6.92 Å². The molecule has 20 heavy (non-hydrogen) atoms. The van der Waals surface area contributed by atoms with Gasteiger partial charge in [-0.05, 0) is 43.0 Å². The first-order chi connectivity index (χ1) is 9.56. The second-order valence-electron chi connectivity index (χ2n) is 5.26. The smallest absolute Gasteiger partial charge is 0.260 e. The third-order valence-corrected chi connectivity index (χ3v) is 3.51. The molecule has 0 bridgehead atoms. The average Bonchev–Trinajstić information content (AvgIpc) is 2.45. The van der Waals surface area contributed by atoms with Gasteiger partial charge in [-0.3, -0.25) is 9.59 Å². The number of nitrogens with two attached hydrogens (primary N) is 1. The second kappa shape index (κ2) is 6.41. The van der Waals surface area contributed by atoms with Crippen LogP contribution in [0.15, 0.2) is 24.3 Å². The number of rotatable bonds is 4. The lowest BCUT2D eigenvalue weighted by atomic mass is 10.0. The first-order valence-electron chi connectivity index (χ1n) is 6.86. The van der Waals surface area contributed by atoms with Crippen LogP contribution in [0.1, 0.15) is 30.1 Å². The van der Waals surface area contributed by atoms with Crippen LogP contribution < -0.4 is 10.5 Å². The van der Waals surface area contributed by atoms with Crippen LogP contribution in [-0.2, 0) is 4.79 Å². The Morgan fingerprint density at radius 3 is 2.65 bits per heavy atom. The molecule has 2 N–H and O–H groups in total. The van der Waals surface area contributed by atoms with Crippen molar-refractivity contribution >= 4 is 11.8 Å². The van der Waals surface area contributed by atoms with Crippen molar-refractivity contribution in [3.63, 3.8) is 0 Å². The van der Waals surface area contributed by atoms with Crippen LogP contribution in [0.25, 0.3) is 0 Å². The van der Waals surface area contributed by atoms with Gasteiger partial charge in [0.1, 0.15) is 5.75 Å². The summed E-state index contributed by atoms with van der Waals surface area (Å²) in [5.41, 5.74) is 5.58. The Bertz CT molecular complexity index is 484. The van der Waals surface area contributed by atoms with Gasteiger partial charge in [-0.15, -0.1) is 0 Å². The lowest BCUT2D eigenvalue weighted by molar-refractivity contribution is -0.135. The van der Waals surface area contributed by atoms with E-state index in [-0.39, 0.29) is 12.5 Å². The number of piperidine rings is 1. The normalized spacial score (nSPS) is 18.6. The molecule has 0 aromatic heterocycles. The molecule has 0 unspecified atom stereocenters. The minimum absolute atomic E-state index is 0.00975. The predicted octanol–water partition coefficient (Wildman–Crippen LogP) is 1.42. The molecule has 1 aliphatic rings. The molecule has 0 aliphatic carbocycles. The number of primary amides is 1. The molecule has 1 aliphatic heterocycles. The quantitative estimate of drug-likeness (QED) is 0.904. The van der Waals surface area contributed by atoms with Crippen LogP contribution in [0.4, 0.5) is 0 Å². The largest absolute Gasteiger partial charge is 0.484 e. The molecule has 108 valence electrons. The molecular weight excluding hydrogens is 256 g/mol. The van der Waals surface area contributed by atoms with E-state index in [1.54, 1.807) is 24.3 Å². The number of carbonyl (C=O) groups is 2. The Morgan fingerprint density at radius 1 is 1.35 bits per heavy atom. The van der Waals surface area contributed by atoms with E-state index < -0.39 is 5.91 Å². The Kier molecular flexibility index (Phi) is 4.61. The number of hydrogen-bond acceptors (Lipinski definition) is 3. The molecule has 1 atom stereocenters. The SMILES string of the molecule is C[C@@H]1CCCN(C(=O)COc2ccc(C(N)=O)cc2)C1. The minimum atomic E-state index is -0.477. The number of likely N-dealkylation sites (tertiary alicyclic amines) is 1. The van der Waals surface area contributed by atoms with E-state index in [4.69, 9.17) is 10.5 Å². The first kappa shape index (κ1) is 14.4.